The molecule has 5 rings (SSSR count). The molecular formula is C20H22N2O3S. The van der Waals surface area contributed by atoms with E-state index in [-0.39, 0.29) is 11.2 Å². The molecule has 2 saturated carbocycles. The van der Waals surface area contributed by atoms with Crippen molar-refractivity contribution < 1.29 is 14.3 Å². The van der Waals surface area contributed by atoms with Crippen LogP contribution in [0.3, 0.4) is 0 Å². The summed E-state index contributed by atoms with van der Waals surface area (Å²) < 4.78 is 11.5. The van der Waals surface area contributed by atoms with Gasteiger partial charge in [-0.05, 0) is 37.5 Å². The normalized spacial score (nSPS) is 21.2. The van der Waals surface area contributed by atoms with Crippen molar-refractivity contribution in [2.75, 3.05) is 19.8 Å². The second kappa shape index (κ2) is 6.43. The first-order chi connectivity index (χ1) is 12.7. The van der Waals surface area contributed by atoms with Crippen molar-refractivity contribution in [1.29, 1.82) is 0 Å². The second-order valence-corrected chi connectivity index (χ2v) is 8.74. The van der Waals surface area contributed by atoms with Crippen LogP contribution in [0.4, 0.5) is 0 Å². The summed E-state index contributed by atoms with van der Waals surface area (Å²) in [6.07, 6.45) is 8.94. The Labute approximate surface area is 156 Å². The van der Waals surface area contributed by atoms with Gasteiger partial charge < -0.3 is 9.47 Å². The van der Waals surface area contributed by atoms with Crippen LogP contribution in [0.5, 0.6) is 5.75 Å². The minimum absolute atomic E-state index is 0.0436. The summed E-state index contributed by atoms with van der Waals surface area (Å²) in [5.74, 6) is 2.16. The van der Waals surface area contributed by atoms with Crippen molar-refractivity contribution >= 4 is 17.1 Å². The average Bonchev–Trinajstić information content (AvgIpc) is 3.55. The lowest BCUT2D eigenvalue weighted by Crippen LogP contribution is -2.48. The van der Waals surface area contributed by atoms with Crippen LogP contribution in [0.25, 0.3) is 0 Å². The van der Waals surface area contributed by atoms with Gasteiger partial charge in [0.15, 0.2) is 5.78 Å². The largest absolute Gasteiger partial charge is 0.493 e. The van der Waals surface area contributed by atoms with E-state index < -0.39 is 0 Å². The lowest BCUT2D eigenvalue weighted by Gasteiger charge is -2.39. The van der Waals surface area contributed by atoms with E-state index in [0.29, 0.717) is 37.2 Å². The molecule has 5 nitrogen and oxygen atoms in total. The number of ether oxygens (including phenoxy) is 2. The number of nitrogens with zero attached hydrogens (tertiary/aromatic N) is 2. The summed E-state index contributed by atoms with van der Waals surface area (Å²) in [7, 11) is 0. The van der Waals surface area contributed by atoms with E-state index in [2.05, 4.69) is 9.97 Å². The molecule has 0 bridgehead atoms. The number of thiazole rings is 1. The van der Waals surface area contributed by atoms with Crippen molar-refractivity contribution in [3.8, 4) is 5.75 Å². The van der Waals surface area contributed by atoms with Gasteiger partial charge in [-0.15, -0.1) is 11.3 Å². The van der Waals surface area contributed by atoms with Crippen LogP contribution < -0.4 is 4.74 Å². The summed E-state index contributed by atoms with van der Waals surface area (Å²) in [5.41, 5.74) is 1.39. The van der Waals surface area contributed by atoms with Gasteiger partial charge in [-0.1, -0.05) is 0 Å². The predicted molar refractivity (Wildman–Crippen MR) is 98.0 cm³/mol. The van der Waals surface area contributed by atoms with Crippen LogP contribution in [0.2, 0.25) is 0 Å². The van der Waals surface area contributed by atoms with Gasteiger partial charge >= 0.3 is 0 Å². The molecule has 0 amide bonds. The highest BCUT2D eigenvalue weighted by atomic mass is 32.1. The molecular weight excluding hydrogens is 348 g/mol. The second-order valence-electron chi connectivity index (χ2n) is 7.85. The molecule has 3 aliphatic rings. The molecule has 0 atom stereocenters. The zero-order valence-corrected chi connectivity index (χ0v) is 15.5. The van der Waals surface area contributed by atoms with Gasteiger partial charge in [0.1, 0.15) is 16.5 Å². The minimum atomic E-state index is -0.281. The predicted octanol–water partition coefficient (Wildman–Crippen LogP) is 3.75. The molecule has 2 aliphatic carbocycles. The third-order valence-corrected chi connectivity index (χ3v) is 6.53. The van der Waals surface area contributed by atoms with E-state index in [4.69, 9.17) is 9.47 Å². The van der Waals surface area contributed by atoms with Gasteiger partial charge in [0.05, 0.1) is 25.2 Å². The van der Waals surface area contributed by atoms with Gasteiger partial charge in [0, 0.05) is 35.8 Å². The lowest BCUT2D eigenvalue weighted by atomic mass is 9.81. The number of hydrogen-bond acceptors (Lipinski definition) is 6. The van der Waals surface area contributed by atoms with E-state index in [1.165, 1.54) is 31.2 Å². The van der Waals surface area contributed by atoms with E-state index in [0.717, 1.165) is 17.4 Å². The number of aromatic nitrogens is 2. The number of pyridine rings is 1. The molecule has 1 aliphatic heterocycles. The van der Waals surface area contributed by atoms with Gasteiger partial charge in [-0.25, -0.2) is 4.98 Å². The number of carbonyl (C=O) groups excluding carboxylic acids is 1. The number of hydrogen-bond donors (Lipinski definition) is 0. The standard InChI is InChI=1S/C20H22N2O3S/c23-17(8-20(11-24-12-20)19-21-5-6-26-19)16-7-18(25-10-13-1-2-13)15(9-22-16)14-3-4-14/h5-7,9,13-14H,1-4,8,10-12H2. The van der Waals surface area contributed by atoms with Crippen LogP contribution in [-0.4, -0.2) is 35.6 Å². The minimum Gasteiger partial charge on any atom is -0.493 e. The zero-order valence-electron chi connectivity index (χ0n) is 14.6. The van der Waals surface area contributed by atoms with Gasteiger partial charge in [-0.2, -0.15) is 0 Å². The molecule has 3 heterocycles. The summed E-state index contributed by atoms with van der Waals surface area (Å²) in [6, 6.07) is 1.87. The van der Waals surface area contributed by atoms with Crippen LogP contribution in [-0.2, 0) is 10.2 Å². The highest BCUT2D eigenvalue weighted by Gasteiger charge is 2.44. The highest BCUT2D eigenvalue weighted by Crippen LogP contribution is 2.45. The Bertz CT molecular complexity index is 808. The quantitative estimate of drug-likeness (QED) is 0.663. The number of Topliss-reactive ketones (excluding diaryl/α,β-unsaturated/α-hetero) is 1. The summed E-state index contributed by atoms with van der Waals surface area (Å²) >= 11 is 1.59. The van der Waals surface area contributed by atoms with Gasteiger partial charge in [-0.3, -0.25) is 9.78 Å². The molecule has 6 heteroatoms. The summed E-state index contributed by atoms with van der Waals surface area (Å²) in [5, 5.41) is 2.93. The molecule has 0 spiro atoms. The van der Waals surface area contributed by atoms with E-state index >= 15 is 0 Å². The fourth-order valence-corrected chi connectivity index (χ4v) is 4.26. The Morgan fingerprint density at radius 1 is 1.27 bits per heavy atom. The first kappa shape index (κ1) is 16.4. The van der Waals surface area contributed by atoms with Crippen molar-refractivity contribution in [3.63, 3.8) is 0 Å². The number of ketones is 1. The fourth-order valence-electron chi connectivity index (χ4n) is 3.45. The highest BCUT2D eigenvalue weighted by molar-refractivity contribution is 7.09. The van der Waals surface area contributed by atoms with Gasteiger partial charge in [0.25, 0.3) is 0 Å². The third-order valence-electron chi connectivity index (χ3n) is 5.51. The maximum Gasteiger partial charge on any atom is 0.182 e. The van der Waals surface area contributed by atoms with Crippen LogP contribution in [0.15, 0.2) is 23.8 Å². The van der Waals surface area contributed by atoms with Crippen LogP contribution in [0, 0.1) is 5.92 Å². The van der Waals surface area contributed by atoms with Crippen molar-refractivity contribution in [2.24, 2.45) is 5.92 Å². The SMILES string of the molecule is O=C(CC1(c2nccs2)COC1)c1cc(OCC2CC2)c(C2CC2)cn1. The van der Waals surface area contributed by atoms with E-state index in [1.807, 2.05) is 17.6 Å². The number of rotatable bonds is 8. The fraction of sp³-hybridized carbons (Fsp3) is 0.550. The van der Waals surface area contributed by atoms with Crippen LogP contribution >= 0.6 is 11.3 Å². The molecule has 2 aromatic rings. The van der Waals surface area contributed by atoms with E-state index in [9.17, 15) is 4.79 Å². The third kappa shape index (κ3) is 3.16. The van der Waals surface area contributed by atoms with E-state index in [1.54, 1.807) is 17.5 Å². The van der Waals surface area contributed by atoms with Crippen molar-refractivity contribution in [3.05, 3.63) is 40.1 Å². The monoisotopic (exact) mass is 370 g/mol. The summed E-state index contributed by atoms with van der Waals surface area (Å²) in [4.78, 5) is 21.8. The molecule has 136 valence electrons. The topological polar surface area (TPSA) is 61.3 Å². The van der Waals surface area contributed by atoms with Gasteiger partial charge in [0.2, 0.25) is 0 Å². The zero-order chi connectivity index (χ0) is 17.6. The summed E-state index contributed by atoms with van der Waals surface area (Å²) in [6.45, 7) is 1.86. The molecule has 26 heavy (non-hydrogen) atoms. The maximum absolute atomic E-state index is 13.0. The first-order valence-corrected chi connectivity index (χ1v) is 10.3. The molecule has 2 aromatic heterocycles. The first-order valence-electron chi connectivity index (χ1n) is 9.37. The number of carbonyl (C=O) groups is 1. The van der Waals surface area contributed by atoms with Crippen molar-refractivity contribution in [2.45, 2.75) is 43.4 Å². The average molecular weight is 370 g/mol. The lowest BCUT2D eigenvalue weighted by molar-refractivity contribution is -0.0602. The Morgan fingerprint density at radius 3 is 2.73 bits per heavy atom. The molecule has 1 saturated heterocycles. The Kier molecular flexibility index (Phi) is 4.05. The molecule has 3 fully saturated rings. The maximum atomic E-state index is 13.0. The van der Waals surface area contributed by atoms with Crippen molar-refractivity contribution in [1.82, 2.24) is 9.97 Å². The molecule has 0 aromatic carbocycles. The Hall–Kier alpha value is -1.79. The smallest absolute Gasteiger partial charge is 0.182 e. The molecule has 0 radical (unpaired) electrons. The molecule has 0 N–H and O–H groups in total. The Balaban J connectivity index is 1.36. The molecule has 0 unspecified atom stereocenters. The van der Waals surface area contributed by atoms with Crippen LogP contribution in [0.1, 0.15) is 59.1 Å². The Morgan fingerprint density at radius 2 is 2.12 bits per heavy atom.